The maximum absolute atomic E-state index is 12.7. The fourth-order valence-electron chi connectivity index (χ4n) is 3.39. The Bertz CT molecular complexity index is 1420. The summed E-state index contributed by atoms with van der Waals surface area (Å²) < 4.78 is 10.9. The van der Waals surface area contributed by atoms with E-state index in [-0.39, 0.29) is 35.1 Å². The quantitative estimate of drug-likeness (QED) is 0.186. The van der Waals surface area contributed by atoms with Gasteiger partial charge in [0.1, 0.15) is 11.6 Å². The van der Waals surface area contributed by atoms with E-state index >= 15 is 0 Å². The minimum Gasteiger partial charge on any atom is -0.493 e. The molecule has 10 heteroatoms. The molecule has 0 heterocycles. The second-order valence-electron chi connectivity index (χ2n) is 8.00. The number of amides is 2. The number of aryl methyl sites for hydroxylation is 2. The lowest BCUT2D eigenvalue weighted by Crippen LogP contribution is -2.20. The molecule has 2 amide bonds. The Morgan fingerprint density at radius 2 is 1.84 bits per heavy atom. The van der Waals surface area contributed by atoms with E-state index in [9.17, 15) is 25.0 Å². The molecule has 0 unspecified atom stereocenters. The molecule has 0 aliphatic heterocycles. The van der Waals surface area contributed by atoms with Crippen LogP contribution < -0.4 is 20.1 Å². The van der Waals surface area contributed by atoms with Crippen LogP contribution in [0.4, 0.5) is 17.1 Å². The van der Waals surface area contributed by atoms with Crippen molar-refractivity contribution in [3.63, 3.8) is 0 Å². The SMILES string of the molecule is COc1cc(/C=C(/C#N)C(=O)Nc2ccc(C)cc2C)ccc1OCC(=O)Nc1cccc([N+](=O)[O-])c1. The third-order valence-corrected chi connectivity index (χ3v) is 5.19. The van der Waals surface area contributed by atoms with Gasteiger partial charge in [-0.25, -0.2) is 0 Å². The topological polar surface area (TPSA) is 144 Å². The van der Waals surface area contributed by atoms with Gasteiger partial charge in [0.2, 0.25) is 0 Å². The van der Waals surface area contributed by atoms with Gasteiger partial charge in [-0.2, -0.15) is 5.26 Å². The smallest absolute Gasteiger partial charge is 0.271 e. The number of anilines is 2. The lowest BCUT2D eigenvalue weighted by atomic mass is 10.1. The van der Waals surface area contributed by atoms with E-state index < -0.39 is 16.7 Å². The van der Waals surface area contributed by atoms with Gasteiger partial charge in [0.25, 0.3) is 17.5 Å². The van der Waals surface area contributed by atoms with Crippen LogP contribution in [0.15, 0.2) is 66.2 Å². The molecule has 0 aromatic heterocycles. The van der Waals surface area contributed by atoms with E-state index in [0.29, 0.717) is 11.3 Å². The fourth-order valence-corrected chi connectivity index (χ4v) is 3.39. The molecular formula is C27H24N4O6. The number of non-ortho nitro benzene ring substituents is 1. The normalized spacial score (nSPS) is 10.7. The number of rotatable bonds is 9. The standard InChI is InChI=1S/C27H24N4O6/c1-17-7-9-23(18(2)11-17)30-27(33)20(15-28)12-19-8-10-24(25(13-19)36-3)37-16-26(32)29-21-5-4-6-22(14-21)31(34)35/h4-14H,16H2,1-3H3,(H,29,32)(H,30,33)/b20-12-. The van der Waals surface area contributed by atoms with Crippen LogP contribution >= 0.6 is 0 Å². The average molecular weight is 501 g/mol. The molecule has 0 aliphatic rings. The van der Waals surface area contributed by atoms with Gasteiger partial charge < -0.3 is 20.1 Å². The summed E-state index contributed by atoms with van der Waals surface area (Å²) in [5, 5.41) is 25.7. The number of benzene rings is 3. The van der Waals surface area contributed by atoms with E-state index in [4.69, 9.17) is 9.47 Å². The highest BCUT2D eigenvalue weighted by atomic mass is 16.6. The summed E-state index contributed by atoms with van der Waals surface area (Å²) in [4.78, 5) is 35.2. The Labute approximate surface area is 213 Å². The van der Waals surface area contributed by atoms with E-state index in [1.54, 1.807) is 24.3 Å². The van der Waals surface area contributed by atoms with Crippen LogP contribution in [0.5, 0.6) is 11.5 Å². The van der Waals surface area contributed by atoms with E-state index in [1.807, 2.05) is 32.0 Å². The summed E-state index contributed by atoms with van der Waals surface area (Å²) >= 11 is 0. The van der Waals surface area contributed by atoms with E-state index in [0.717, 1.165) is 11.1 Å². The van der Waals surface area contributed by atoms with Gasteiger partial charge >= 0.3 is 0 Å². The number of hydrogen-bond acceptors (Lipinski definition) is 7. The van der Waals surface area contributed by atoms with Gasteiger partial charge in [0, 0.05) is 23.5 Å². The molecule has 3 aromatic carbocycles. The Balaban J connectivity index is 1.68. The van der Waals surface area contributed by atoms with Crippen molar-refractivity contribution in [1.82, 2.24) is 0 Å². The highest BCUT2D eigenvalue weighted by molar-refractivity contribution is 6.10. The summed E-state index contributed by atoms with van der Waals surface area (Å²) in [6.07, 6.45) is 1.42. The molecule has 3 aromatic rings. The Hall–Kier alpha value is -5.17. The molecule has 0 atom stereocenters. The minimum atomic E-state index is -0.558. The fraction of sp³-hybridized carbons (Fsp3) is 0.148. The zero-order valence-electron chi connectivity index (χ0n) is 20.4. The number of carbonyl (C=O) groups excluding carboxylic acids is 2. The van der Waals surface area contributed by atoms with Crippen LogP contribution in [-0.4, -0.2) is 30.5 Å². The molecule has 3 rings (SSSR count). The Kier molecular flexibility index (Phi) is 8.57. The molecular weight excluding hydrogens is 476 g/mol. The van der Waals surface area contributed by atoms with Gasteiger partial charge in [0.15, 0.2) is 18.1 Å². The van der Waals surface area contributed by atoms with Crippen LogP contribution in [-0.2, 0) is 9.59 Å². The van der Waals surface area contributed by atoms with Crippen molar-refractivity contribution in [1.29, 1.82) is 5.26 Å². The second kappa shape index (κ2) is 12.0. The van der Waals surface area contributed by atoms with Gasteiger partial charge in [0.05, 0.1) is 12.0 Å². The van der Waals surface area contributed by atoms with Gasteiger partial charge in [-0.05, 0) is 55.3 Å². The monoisotopic (exact) mass is 500 g/mol. The number of methoxy groups -OCH3 is 1. The molecule has 0 saturated carbocycles. The number of nitro groups is 1. The summed E-state index contributed by atoms with van der Waals surface area (Å²) in [6.45, 7) is 3.44. The summed E-state index contributed by atoms with van der Waals surface area (Å²) in [5.74, 6) is -0.538. The Morgan fingerprint density at radius 3 is 2.51 bits per heavy atom. The third-order valence-electron chi connectivity index (χ3n) is 5.19. The molecule has 188 valence electrons. The first-order valence-electron chi connectivity index (χ1n) is 11.1. The van der Waals surface area contributed by atoms with Crippen molar-refractivity contribution < 1.29 is 24.0 Å². The van der Waals surface area contributed by atoms with Crippen molar-refractivity contribution in [3.05, 3.63) is 93.0 Å². The number of nitro benzene ring substituents is 1. The number of ether oxygens (including phenoxy) is 2. The van der Waals surface area contributed by atoms with Crippen molar-refractivity contribution >= 4 is 35.0 Å². The Morgan fingerprint density at radius 1 is 1.05 bits per heavy atom. The van der Waals surface area contributed by atoms with Crippen molar-refractivity contribution in [2.75, 3.05) is 24.4 Å². The lowest BCUT2D eigenvalue weighted by Gasteiger charge is -2.12. The molecule has 0 spiro atoms. The summed E-state index contributed by atoms with van der Waals surface area (Å²) in [5.41, 5.74) is 3.07. The van der Waals surface area contributed by atoms with Gasteiger partial charge in [-0.1, -0.05) is 29.8 Å². The molecule has 0 fully saturated rings. The predicted molar refractivity (Wildman–Crippen MR) is 138 cm³/mol. The first kappa shape index (κ1) is 26.4. The average Bonchev–Trinajstić information content (AvgIpc) is 2.87. The van der Waals surface area contributed by atoms with E-state index in [1.165, 1.54) is 37.5 Å². The zero-order valence-corrected chi connectivity index (χ0v) is 20.4. The van der Waals surface area contributed by atoms with E-state index in [2.05, 4.69) is 10.6 Å². The number of nitriles is 1. The summed E-state index contributed by atoms with van der Waals surface area (Å²) in [6, 6.07) is 17.7. The predicted octanol–water partition coefficient (Wildman–Crippen LogP) is 4.78. The first-order valence-corrected chi connectivity index (χ1v) is 11.1. The molecule has 37 heavy (non-hydrogen) atoms. The molecule has 10 nitrogen and oxygen atoms in total. The maximum Gasteiger partial charge on any atom is 0.271 e. The van der Waals surface area contributed by atoms with Crippen LogP contribution in [0.1, 0.15) is 16.7 Å². The van der Waals surface area contributed by atoms with Gasteiger partial charge in [-0.15, -0.1) is 0 Å². The van der Waals surface area contributed by atoms with Crippen LogP contribution in [0.25, 0.3) is 6.08 Å². The highest BCUT2D eigenvalue weighted by Gasteiger charge is 2.14. The lowest BCUT2D eigenvalue weighted by molar-refractivity contribution is -0.384. The van der Waals surface area contributed by atoms with Gasteiger partial charge in [-0.3, -0.25) is 19.7 Å². The summed E-state index contributed by atoms with van der Waals surface area (Å²) in [7, 11) is 1.41. The third kappa shape index (κ3) is 7.16. The molecule has 0 aliphatic carbocycles. The van der Waals surface area contributed by atoms with Crippen LogP contribution in [0.2, 0.25) is 0 Å². The minimum absolute atomic E-state index is 0.105. The van der Waals surface area contributed by atoms with Crippen molar-refractivity contribution in [2.24, 2.45) is 0 Å². The first-order chi connectivity index (χ1) is 17.7. The number of nitrogens with one attached hydrogen (secondary N) is 2. The number of carbonyl (C=O) groups is 2. The number of hydrogen-bond donors (Lipinski definition) is 2. The van der Waals surface area contributed by atoms with Crippen molar-refractivity contribution in [2.45, 2.75) is 13.8 Å². The molecule has 0 radical (unpaired) electrons. The number of nitrogens with zero attached hydrogens (tertiary/aromatic N) is 2. The largest absolute Gasteiger partial charge is 0.493 e. The molecule has 0 bridgehead atoms. The highest BCUT2D eigenvalue weighted by Crippen LogP contribution is 2.29. The maximum atomic E-state index is 12.7. The van der Waals surface area contributed by atoms with Crippen LogP contribution in [0, 0.1) is 35.3 Å². The van der Waals surface area contributed by atoms with Crippen molar-refractivity contribution in [3.8, 4) is 17.6 Å². The molecule has 2 N–H and O–H groups in total. The van der Waals surface area contributed by atoms with Crippen LogP contribution in [0.3, 0.4) is 0 Å². The second-order valence-corrected chi connectivity index (χ2v) is 8.00. The zero-order chi connectivity index (χ0) is 26.9. The molecule has 0 saturated heterocycles.